The van der Waals surface area contributed by atoms with Gasteiger partial charge in [-0.25, -0.2) is 9.18 Å². The molecule has 1 saturated heterocycles. The molecular formula is C22H16FN3O6. The summed E-state index contributed by atoms with van der Waals surface area (Å²) in [6.45, 7) is -0.210. The lowest BCUT2D eigenvalue weighted by atomic mass is 10.1. The second kappa shape index (κ2) is 8.34. The van der Waals surface area contributed by atoms with Crippen LogP contribution in [0.5, 0.6) is 5.75 Å². The van der Waals surface area contributed by atoms with Crippen LogP contribution in [0.25, 0.3) is 17.4 Å². The number of rotatable bonds is 6. The summed E-state index contributed by atoms with van der Waals surface area (Å²) in [4.78, 5) is 36.2. The van der Waals surface area contributed by atoms with Crippen LogP contribution in [0.4, 0.5) is 14.9 Å². The molecule has 0 saturated carbocycles. The van der Waals surface area contributed by atoms with Crippen LogP contribution >= 0.6 is 0 Å². The Morgan fingerprint density at radius 1 is 1.19 bits per heavy atom. The Morgan fingerprint density at radius 2 is 1.97 bits per heavy atom. The molecule has 10 heteroatoms. The third-order valence-corrected chi connectivity index (χ3v) is 4.82. The number of hydrogen-bond acceptors (Lipinski definition) is 6. The molecule has 1 aromatic heterocycles. The molecule has 3 aromatic rings. The van der Waals surface area contributed by atoms with Crippen LogP contribution < -0.4 is 10.1 Å². The van der Waals surface area contributed by atoms with Crippen molar-refractivity contribution in [1.29, 1.82) is 0 Å². The van der Waals surface area contributed by atoms with Crippen molar-refractivity contribution in [3.8, 4) is 17.1 Å². The predicted molar refractivity (Wildman–Crippen MR) is 111 cm³/mol. The van der Waals surface area contributed by atoms with Crippen LogP contribution in [0.15, 0.2) is 64.7 Å². The van der Waals surface area contributed by atoms with Crippen molar-refractivity contribution in [3.63, 3.8) is 0 Å². The number of benzene rings is 2. The molecule has 0 aliphatic carbocycles. The molecule has 0 spiro atoms. The number of nitrogens with one attached hydrogen (secondary N) is 1. The SMILES string of the molecule is COc1cc([N+](=O)[O-])ccc1-c1ccc(/C=C2/NC(=O)N(Cc3ccccc3F)C2=O)o1. The van der Waals surface area contributed by atoms with Gasteiger partial charge in [0.2, 0.25) is 0 Å². The Hall–Kier alpha value is -4.47. The molecule has 0 radical (unpaired) electrons. The number of nitro benzene ring substituents is 1. The maximum Gasteiger partial charge on any atom is 0.329 e. The van der Waals surface area contributed by atoms with E-state index in [0.717, 1.165) is 4.90 Å². The van der Waals surface area contributed by atoms with E-state index in [1.165, 1.54) is 49.6 Å². The average molecular weight is 437 g/mol. The lowest BCUT2D eigenvalue weighted by Gasteiger charge is -2.12. The Balaban J connectivity index is 1.57. The standard InChI is InChI=1S/C22H16FN3O6/c1-31-20-10-14(26(29)30)6-8-16(20)19-9-7-15(32-19)11-18-21(27)25(22(28)24-18)12-13-4-2-3-5-17(13)23/h2-11H,12H2,1H3,(H,24,28)/b18-11+. The minimum atomic E-state index is -0.673. The lowest BCUT2D eigenvalue weighted by molar-refractivity contribution is -0.384. The minimum Gasteiger partial charge on any atom is -0.496 e. The summed E-state index contributed by atoms with van der Waals surface area (Å²) in [7, 11) is 1.38. The number of halogens is 1. The number of hydrogen-bond donors (Lipinski definition) is 1. The fourth-order valence-electron chi connectivity index (χ4n) is 3.23. The van der Waals surface area contributed by atoms with Crippen molar-refractivity contribution in [3.05, 3.63) is 87.5 Å². The van der Waals surface area contributed by atoms with E-state index in [2.05, 4.69) is 5.32 Å². The van der Waals surface area contributed by atoms with Crippen LogP contribution in [0.2, 0.25) is 0 Å². The normalized spacial score (nSPS) is 14.7. The fraction of sp³-hybridized carbons (Fsp3) is 0.0909. The molecule has 2 aromatic carbocycles. The molecule has 4 rings (SSSR count). The van der Waals surface area contributed by atoms with Crippen molar-refractivity contribution in [2.45, 2.75) is 6.54 Å². The molecular weight excluding hydrogens is 421 g/mol. The summed E-state index contributed by atoms with van der Waals surface area (Å²) in [5.41, 5.74) is 0.533. The van der Waals surface area contributed by atoms with E-state index in [-0.39, 0.29) is 35.0 Å². The summed E-state index contributed by atoms with van der Waals surface area (Å²) in [6, 6.07) is 12.5. The quantitative estimate of drug-likeness (QED) is 0.269. The number of furan rings is 1. The molecule has 0 atom stereocenters. The Bertz CT molecular complexity index is 1270. The first kappa shape index (κ1) is 20.8. The van der Waals surface area contributed by atoms with Gasteiger partial charge in [0.1, 0.15) is 28.8 Å². The fourth-order valence-corrected chi connectivity index (χ4v) is 3.23. The predicted octanol–water partition coefficient (Wildman–Crippen LogP) is 4.10. The van der Waals surface area contributed by atoms with Crippen molar-refractivity contribution in [2.75, 3.05) is 7.11 Å². The maximum atomic E-state index is 13.9. The highest BCUT2D eigenvalue weighted by molar-refractivity contribution is 6.13. The number of urea groups is 1. The van der Waals surface area contributed by atoms with Crippen LogP contribution in [0, 0.1) is 15.9 Å². The highest BCUT2D eigenvalue weighted by atomic mass is 19.1. The summed E-state index contributed by atoms with van der Waals surface area (Å²) in [6.07, 6.45) is 1.35. The monoisotopic (exact) mass is 437 g/mol. The lowest BCUT2D eigenvalue weighted by Crippen LogP contribution is -2.30. The molecule has 162 valence electrons. The number of nitro groups is 1. The third kappa shape index (κ3) is 3.93. The summed E-state index contributed by atoms with van der Waals surface area (Å²) < 4.78 is 24.8. The zero-order chi connectivity index (χ0) is 22.8. The highest BCUT2D eigenvalue weighted by Gasteiger charge is 2.34. The van der Waals surface area contributed by atoms with Gasteiger partial charge in [0.25, 0.3) is 11.6 Å². The number of carbonyl (C=O) groups is 2. The minimum absolute atomic E-state index is 0.0251. The second-order valence-corrected chi connectivity index (χ2v) is 6.81. The van der Waals surface area contributed by atoms with E-state index in [0.29, 0.717) is 11.3 Å². The Kier molecular flexibility index (Phi) is 5.42. The van der Waals surface area contributed by atoms with E-state index in [4.69, 9.17) is 9.15 Å². The largest absolute Gasteiger partial charge is 0.496 e. The number of imide groups is 1. The van der Waals surface area contributed by atoms with Crippen molar-refractivity contribution < 1.29 is 28.1 Å². The van der Waals surface area contributed by atoms with Crippen LogP contribution in [-0.4, -0.2) is 28.9 Å². The van der Waals surface area contributed by atoms with E-state index < -0.39 is 22.7 Å². The van der Waals surface area contributed by atoms with E-state index >= 15 is 0 Å². The number of amides is 3. The molecule has 3 amide bonds. The third-order valence-electron chi connectivity index (χ3n) is 4.82. The molecule has 32 heavy (non-hydrogen) atoms. The molecule has 1 aliphatic rings. The molecule has 0 bridgehead atoms. The molecule has 1 aliphatic heterocycles. The summed E-state index contributed by atoms with van der Waals surface area (Å²) >= 11 is 0. The van der Waals surface area contributed by atoms with Gasteiger partial charge in [0, 0.05) is 17.7 Å². The van der Waals surface area contributed by atoms with Gasteiger partial charge in [0.15, 0.2) is 0 Å². The average Bonchev–Trinajstić information content (AvgIpc) is 3.34. The molecule has 9 nitrogen and oxygen atoms in total. The van der Waals surface area contributed by atoms with Crippen LogP contribution in [0.1, 0.15) is 11.3 Å². The smallest absolute Gasteiger partial charge is 0.329 e. The van der Waals surface area contributed by atoms with Gasteiger partial charge in [-0.3, -0.25) is 19.8 Å². The van der Waals surface area contributed by atoms with Gasteiger partial charge in [-0.05, 0) is 24.3 Å². The van der Waals surface area contributed by atoms with Gasteiger partial charge in [-0.2, -0.15) is 0 Å². The van der Waals surface area contributed by atoms with E-state index in [9.17, 15) is 24.1 Å². The first-order valence-corrected chi connectivity index (χ1v) is 9.38. The van der Waals surface area contributed by atoms with Crippen LogP contribution in [-0.2, 0) is 11.3 Å². The van der Waals surface area contributed by atoms with E-state index in [1.807, 2.05) is 0 Å². The summed E-state index contributed by atoms with van der Waals surface area (Å²) in [5.74, 6) is -0.281. The van der Waals surface area contributed by atoms with Gasteiger partial charge in [0.05, 0.1) is 30.2 Å². The molecule has 2 heterocycles. The Labute approximate surface area is 180 Å². The molecule has 0 unspecified atom stereocenters. The number of carbonyl (C=O) groups excluding carboxylic acids is 2. The number of methoxy groups -OCH3 is 1. The maximum absolute atomic E-state index is 13.9. The van der Waals surface area contributed by atoms with Crippen molar-refractivity contribution in [1.82, 2.24) is 10.2 Å². The second-order valence-electron chi connectivity index (χ2n) is 6.81. The first-order chi connectivity index (χ1) is 15.4. The van der Waals surface area contributed by atoms with E-state index in [1.54, 1.807) is 18.2 Å². The summed E-state index contributed by atoms with van der Waals surface area (Å²) in [5, 5.41) is 13.4. The van der Waals surface area contributed by atoms with Gasteiger partial charge < -0.3 is 14.5 Å². The van der Waals surface area contributed by atoms with Crippen molar-refractivity contribution in [2.24, 2.45) is 0 Å². The topological polar surface area (TPSA) is 115 Å². The highest BCUT2D eigenvalue weighted by Crippen LogP contribution is 2.34. The number of nitrogens with zero attached hydrogens (tertiary/aromatic N) is 2. The first-order valence-electron chi connectivity index (χ1n) is 9.38. The van der Waals surface area contributed by atoms with Gasteiger partial charge in [-0.15, -0.1) is 0 Å². The molecule has 1 fully saturated rings. The number of ether oxygens (including phenoxy) is 1. The zero-order valence-corrected chi connectivity index (χ0v) is 16.7. The van der Waals surface area contributed by atoms with Crippen LogP contribution in [0.3, 0.4) is 0 Å². The Morgan fingerprint density at radius 3 is 2.69 bits per heavy atom. The van der Waals surface area contributed by atoms with Crippen molar-refractivity contribution >= 4 is 23.7 Å². The number of non-ortho nitro benzene ring substituents is 1. The van der Waals surface area contributed by atoms with Gasteiger partial charge >= 0.3 is 6.03 Å². The molecule has 1 N–H and O–H groups in total. The zero-order valence-electron chi connectivity index (χ0n) is 16.7. The van der Waals surface area contributed by atoms with Gasteiger partial charge in [-0.1, -0.05) is 18.2 Å².